The third-order valence-electron chi connectivity index (χ3n) is 2.06. The molecule has 1 aromatic rings. The number of hydrogen-bond acceptors (Lipinski definition) is 6. The van der Waals surface area contributed by atoms with Crippen LogP contribution < -0.4 is 5.32 Å². The summed E-state index contributed by atoms with van der Waals surface area (Å²) in [5.41, 5.74) is 0.712. The Morgan fingerprint density at radius 3 is 3.12 bits per heavy atom. The van der Waals surface area contributed by atoms with Crippen LogP contribution in [0.4, 0.5) is 0 Å². The summed E-state index contributed by atoms with van der Waals surface area (Å²) < 4.78 is 6.11. The summed E-state index contributed by atoms with van der Waals surface area (Å²) in [6.07, 6.45) is 1.72. The predicted molar refractivity (Wildman–Crippen MR) is 55.4 cm³/mol. The van der Waals surface area contributed by atoms with E-state index in [9.17, 15) is 4.79 Å². The average molecular weight is 228 g/mol. The molecule has 90 valence electrons. The molecule has 0 fully saturated rings. The van der Waals surface area contributed by atoms with Gasteiger partial charge in [0.2, 0.25) is 0 Å². The summed E-state index contributed by atoms with van der Waals surface area (Å²) in [5.74, 6) is -0.317. The number of methoxy groups -OCH3 is 1. The maximum Gasteiger partial charge on any atom is 0.322 e. The van der Waals surface area contributed by atoms with Crippen LogP contribution in [0.15, 0.2) is 6.20 Å². The van der Waals surface area contributed by atoms with Gasteiger partial charge in [0.25, 0.3) is 0 Å². The fourth-order valence-corrected chi connectivity index (χ4v) is 1.15. The zero-order valence-corrected chi connectivity index (χ0v) is 9.38. The first-order valence-electron chi connectivity index (χ1n) is 4.98. The number of ether oxygens (including phenoxy) is 1. The fraction of sp³-hybridized carbons (Fsp3) is 0.667. The van der Waals surface area contributed by atoms with Gasteiger partial charge in [-0.15, -0.1) is 5.10 Å². The monoisotopic (exact) mass is 228 g/mol. The molecule has 0 radical (unpaired) electrons. The Morgan fingerprint density at radius 2 is 2.50 bits per heavy atom. The lowest BCUT2D eigenvalue weighted by atomic mass is 10.3. The number of rotatable bonds is 6. The third kappa shape index (κ3) is 3.59. The highest BCUT2D eigenvalue weighted by molar-refractivity contribution is 5.74. The van der Waals surface area contributed by atoms with E-state index in [0.29, 0.717) is 18.8 Å². The number of carbonyl (C=O) groups excluding carboxylic acids is 1. The van der Waals surface area contributed by atoms with Gasteiger partial charge in [0.15, 0.2) is 0 Å². The first kappa shape index (κ1) is 12.6. The molecule has 7 heteroatoms. The number of hydrogen-bond donors (Lipinski definition) is 2. The number of nitrogens with zero attached hydrogens (tertiary/aromatic N) is 3. The molecule has 0 aliphatic rings. The molecule has 0 saturated carbocycles. The lowest BCUT2D eigenvalue weighted by molar-refractivity contribution is -0.142. The molecule has 1 heterocycles. The standard InChI is InChI=1S/C9H16N4O3/c1-7(9(15)16-2)10-5-8-6-13(3-4-14)12-11-8/h6-7,10,14H,3-5H2,1-2H3/t7-/m0/s1. The molecule has 16 heavy (non-hydrogen) atoms. The van der Waals surface area contributed by atoms with Crippen LogP contribution in [-0.4, -0.2) is 45.8 Å². The molecule has 0 aromatic carbocycles. The van der Waals surface area contributed by atoms with Crippen molar-refractivity contribution >= 4 is 5.97 Å². The van der Waals surface area contributed by atoms with Gasteiger partial charge < -0.3 is 9.84 Å². The van der Waals surface area contributed by atoms with Crippen molar-refractivity contribution in [1.82, 2.24) is 20.3 Å². The SMILES string of the molecule is COC(=O)[C@H](C)NCc1cn(CCO)nn1. The minimum atomic E-state index is -0.381. The minimum Gasteiger partial charge on any atom is -0.468 e. The highest BCUT2D eigenvalue weighted by Crippen LogP contribution is 1.94. The van der Waals surface area contributed by atoms with Crippen molar-refractivity contribution in [2.45, 2.75) is 26.1 Å². The molecular formula is C9H16N4O3. The van der Waals surface area contributed by atoms with E-state index >= 15 is 0 Å². The summed E-state index contributed by atoms with van der Waals surface area (Å²) in [6, 6.07) is -0.381. The third-order valence-corrected chi connectivity index (χ3v) is 2.06. The van der Waals surface area contributed by atoms with Crippen LogP contribution in [-0.2, 0) is 22.6 Å². The lowest BCUT2D eigenvalue weighted by Crippen LogP contribution is -2.34. The molecule has 2 N–H and O–H groups in total. The van der Waals surface area contributed by atoms with E-state index < -0.39 is 0 Å². The van der Waals surface area contributed by atoms with Crippen molar-refractivity contribution in [2.24, 2.45) is 0 Å². The van der Waals surface area contributed by atoms with Crippen LogP contribution in [0.5, 0.6) is 0 Å². The molecule has 1 rings (SSSR count). The fourth-order valence-electron chi connectivity index (χ4n) is 1.15. The molecular weight excluding hydrogens is 212 g/mol. The van der Waals surface area contributed by atoms with Crippen LogP contribution in [0.1, 0.15) is 12.6 Å². The Bertz CT molecular complexity index is 339. The van der Waals surface area contributed by atoms with E-state index in [2.05, 4.69) is 20.4 Å². The van der Waals surface area contributed by atoms with E-state index in [1.165, 1.54) is 7.11 Å². The molecule has 0 amide bonds. The first-order chi connectivity index (χ1) is 7.67. The van der Waals surface area contributed by atoms with E-state index in [4.69, 9.17) is 5.11 Å². The summed E-state index contributed by atoms with van der Waals surface area (Å²) in [5, 5.41) is 19.3. The minimum absolute atomic E-state index is 0.0226. The summed E-state index contributed by atoms with van der Waals surface area (Å²) >= 11 is 0. The Labute approximate surface area is 93.4 Å². The number of nitrogens with one attached hydrogen (secondary N) is 1. The maximum atomic E-state index is 11.1. The van der Waals surface area contributed by atoms with Crippen molar-refractivity contribution in [3.8, 4) is 0 Å². The number of aliphatic hydroxyl groups excluding tert-OH is 1. The van der Waals surface area contributed by atoms with Crippen LogP contribution >= 0.6 is 0 Å². The zero-order chi connectivity index (χ0) is 12.0. The van der Waals surface area contributed by atoms with Crippen LogP contribution in [0, 0.1) is 0 Å². The Morgan fingerprint density at radius 1 is 1.75 bits per heavy atom. The molecule has 1 aromatic heterocycles. The second kappa shape index (κ2) is 6.19. The van der Waals surface area contributed by atoms with Gasteiger partial charge in [-0.2, -0.15) is 0 Å². The quantitative estimate of drug-likeness (QED) is 0.602. The van der Waals surface area contributed by atoms with Crippen LogP contribution in [0.25, 0.3) is 0 Å². The number of aromatic nitrogens is 3. The van der Waals surface area contributed by atoms with Gasteiger partial charge in [-0.05, 0) is 6.92 Å². The summed E-state index contributed by atoms with van der Waals surface area (Å²) in [6.45, 7) is 2.58. The second-order valence-electron chi connectivity index (χ2n) is 3.32. The van der Waals surface area contributed by atoms with Gasteiger partial charge in [-0.3, -0.25) is 10.1 Å². The molecule has 0 spiro atoms. The van der Waals surface area contributed by atoms with Crippen molar-refractivity contribution in [3.63, 3.8) is 0 Å². The lowest BCUT2D eigenvalue weighted by Gasteiger charge is -2.09. The molecule has 0 saturated heterocycles. The Balaban J connectivity index is 2.39. The number of esters is 1. The molecule has 0 aliphatic heterocycles. The van der Waals surface area contributed by atoms with Gasteiger partial charge in [0.1, 0.15) is 6.04 Å². The van der Waals surface area contributed by atoms with E-state index in [1.54, 1.807) is 17.8 Å². The van der Waals surface area contributed by atoms with Crippen LogP contribution in [0.3, 0.4) is 0 Å². The van der Waals surface area contributed by atoms with E-state index in [0.717, 1.165) is 0 Å². The number of carbonyl (C=O) groups is 1. The smallest absolute Gasteiger partial charge is 0.322 e. The van der Waals surface area contributed by atoms with Gasteiger partial charge >= 0.3 is 5.97 Å². The van der Waals surface area contributed by atoms with Crippen LogP contribution in [0.2, 0.25) is 0 Å². The normalized spacial score (nSPS) is 12.4. The second-order valence-corrected chi connectivity index (χ2v) is 3.32. The Kier molecular flexibility index (Phi) is 4.87. The van der Waals surface area contributed by atoms with E-state index in [-0.39, 0.29) is 18.6 Å². The van der Waals surface area contributed by atoms with Gasteiger partial charge in [0, 0.05) is 12.7 Å². The molecule has 7 nitrogen and oxygen atoms in total. The topological polar surface area (TPSA) is 89.3 Å². The van der Waals surface area contributed by atoms with Crippen molar-refractivity contribution < 1.29 is 14.6 Å². The van der Waals surface area contributed by atoms with Crippen molar-refractivity contribution in [2.75, 3.05) is 13.7 Å². The highest BCUT2D eigenvalue weighted by Gasteiger charge is 2.12. The van der Waals surface area contributed by atoms with Gasteiger partial charge in [-0.1, -0.05) is 5.21 Å². The summed E-state index contributed by atoms with van der Waals surface area (Å²) in [7, 11) is 1.35. The van der Waals surface area contributed by atoms with Gasteiger partial charge in [0.05, 0.1) is 26.0 Å². The van der Waals surface area contributed by atoms with Crippen molar-refractivity contribution in [1.29, 1.82) is 0 Å². The van der Waals surface area contributed by atoms with Gasteiger partial charge in [-0.25, -0.2) is 4.68 Å². The Hall–Kier alpha value is -1.47. The average Bonchev–Trinajstić information content (AvgIpc) is 2.73. The molecule has 0 unspecified atom stereocenters. The molecule has 1 atom stereocenters. The largest absolute Gasteiger partial charge is 0.468 e. The predicted octanol–water partition coefficient (Wildman–Crippen LogP) is -1.08. The highest BCUT2D eigenvalue weighted by atomic mass is 16.5. The first-order valence-corrected chi connectivity index (χ1v) is 4.98. The van der Waals surface area contributed by atoms with Crippen molar-refractivity contribution in [3.05, 3.63) is 11.9 Å². The molecule has 0 aliphatic carbocycles. The summed E-state index contributed by atoms with van der Waals surface area (Å²) in [4.78, 5) is 11.1. The number of aliphatic hydroxyl groups is 1. The maximum absolute atomic E-state index is 11.1. The zero-order valence-electron chi connectivity index (χ0n) is 9.38. The molecule has 0 bridgehead atoms. The van der Waals surface area contributed by atoms with E-state index in [1.807, 2.05) is 0 Å².